The van der Waals surface area contributed by atoms with Crippen molar-refractivity contribution in [1.82, 2.24) is 10.2 Å². The summed E-state index contributed by atoms with van der Waals surface area (Å²) in [6.07, 6.45) is 0.140. The quantitative estimate of drug-likeness (QED) is 0.198. The fourth-order valence-electron chi connectivity index (χ4n) is 4.90. The second-order valence-corrected chi connectivity index (χ2v) is 12.3. The van der Waals surface area contributed by atoms with Crippen molar-refractivity contribution in [2.45, 2.75) is 44.7 Å². The number of ether oxygens (including phenoxy) is 1. The number of carbonyl (C=O) groups is 2. The van der Waals surface area contributed by atoms with Gasteiger partial charge in [-0.2, -0.15) is 0 Å². The summed E-state index contributed by atoms with van der Waals surface area (Å²) in [5.41, 5.74) is 2.09. The fraction of sp³-hybridized carbons (Fsp3) is 0.257. The molecule has 0 spiro atoms. The number of aryl methyl sites for hydroxylation is 1. The smallest absolute Gasteiger partial charge is 0.264 e. The van der Waals surface area contributed by atoms with E-state index in [2.05, 4.69) is 5.32 Å². The lowest BCUT2D eigenvalue weighted by Crippen LogP contribution is -2.53. The van der Waals surface area contributed by atoms with E-state index in [0.717, 1.165) is 15.4 Å². The summed E-state index contributed by atoms with van der Waals surface area (Å²) in [7, 11) is -4.25. The van der Waals surface area contributed by atoms with E-state index in [1.807, 2.05) is 44.2 Å². The summed E-state index contributed by atoms with van der Waals surface area (Å²) < 4.78 is 49.7. The molecule has 0 heterocycles. The molecule has 2 amide bonds. The number of hydrogen-bond donors (Lipinski definition) is 1. The number of amides is 2. The summed E-state index contributed by atoms with van der Waals surface area (Å²) in [6.45, 7) is 5.31. The largest absolute Gasteiger partial charge is 0.494 e. The van der Waals surface area contributed by atoms with Crippen LogP contribution in [0.15, 0.2) is 108 Å². The Morgan fingerprint density at radius 3 is 2.13 bits per heavy atom. The van der Waals surface area contributed by atoms with Gasteiger partial charge in [0, 0.05) is 25.1 Å². The van der Waals surface area contributed by atoms with E-state index in [4.69, 9.17) is 4.74 Å². The molecule has 4 aromatic rings. The van der Waals surface area contributed by atoms with Gasteiger partial charge in [-0.3, -0.25) is 13.9 Å². The highest BCUT2D eigenvalue weighted by molar-refractivity contribution is 7.92. The lowest BCUT2D eigenvalue weighted by atomic mass is 10.0. The Hall–Kier alpha value is -4.70. The molecule has 1 atom stereocenters. The number of rotatable bonds is 14. The summed E-state index contributed by atoms with van der Waals surface area (Å²) in [5.74, 6) is -1.10. The minimum Gasteiger partial charge on any atom is -0.494 e. The molecular formula is C35H38FN3O5S. The predicted molar refractivity (Wildman–Crippen MR) is 173 cm³/mol. The molecule has 0 fully saturated rings. The van der Waals surface area contributed by atoms with Crippen molar-refractivity contribution in [1.29, 1.82) is 0 Å². The number of nitrogens with zero attached hydrogens (tertiary/aromatic N) is 2. The molecule has 45 heavy (non-hydrogen) atoms. The van der Waals surface area contributed by atoms with Gasteiger partial charge in [0.1, 0.15) is 24.2 Å². The standard InChI is InChI=1S/C35H38FN3O5S/c1-4-37-35(41)33(23-27-11-7-6-8-12-27)38(24-28-13-9-10-14-32(28)36)34(40)25-39(29-17-19-30(20-18-29)44-5-2)45(42,43)31-21-15-26(3)16-22-31/h6-22,33H,4-5,23-25H2,1-3H3,(H,37,41)/t33-/m1/s1. The van der Waals surface area contributed by atoms with Crippen molar-refractivity contribution >= 4 is 27.5 Å². The number of benzene rings is 4. The average molecular weight is 632 g/mol. The molecule has 236 valence electrons. The molecule has 8 nitrogen and oxygen atoms in total. The predicted octanol–water partition coefficient (Wildman–Crippen LogP) is 5.50. The minimum atomic E-state index is -4.25. The maximum atomic E-state index is 15.0. The zero-order valence-corrected chi connectivity index (χ0v) is 26.5. The molecule has 0 aliphatic heterocycles. The maximum absolute atomic E-state index is 15.0. The van der Waals surface area contributed by atoms with E-state index >= 15 is 0 Å². The number of likely N-dealkylation sites (N-methyl/N-ethyl adjacent to an activating group) is 1. The van der Waals surface area contributed by atoms with Crippen LogP contribution in [0.2, 0.25) is 0 Å². The lowest BCUT2D eigenvalue weighted by molar-refractivity contribution is -0.140. The number of halogens is 1. The van der Waals surface area contributed by atoms with Gasteiger partial charge in [0.25, 0.3) is 10.0 Å². The van der Waals surface area contributed by atoms with Crippen molar-refractivity contribution in [3.8, 4) is 5.75 Å². The third-order valence-electron chi connectivity index (χ3n) is 7.24. The highest BCUT2D eigenvalue weighted by Crippen LogP contribution is 2.27. The van der Waals surface area contributed by atoms with E-state index < -0.39 is 40.2 Å². The Morgan fingerprint density at radius 1 is 0.867 bits per heavy atom. The van der Waals surface area contributed by atoms with Gasteiger partial charge in [-0.1, -0.05) is 66.2 Å². The fourth-order valence-corrected chi connectivity index (χ4v) is 6.31. The Morgan fingerprint density at radius 2 is 1.51 bits per heavy atom. The first-order valence-corrected chi connectivity index (χ1v) is 16.2. The zero-order chi connectivity index (χ0) is 32.4. The van der Waals surface area contributed by atoms with Gasteiger partial charge in [-0.05, 0) is 68.8 Å². The first-order chi connectivity index (χ1) is 21.6. The van der Waals surface area contributed by atoms with Crippen LogP contribution >= 0.6 is 0 Å². The van der Waals surface area contributed by atoms with Crippen LogP contribution in [-0.2, 0) is 32.6 Å². The first kappa shape index (κ1) is 33.2. The molecule has 0 saturated heterocycles. The van der Waals surface area contributed by atoms with Crippen molar-refractivity contribution in [3.05, 3.63) is 126 Å². The van der Waals surface area contributed by atoms with Crippen molar-refractivity contribution in [3.63, 3.8) is 0 Å². The van der Waals surface area contributed by atoms with E-state index in [0.29, 0.717) is 18.9 Å². The van der Waals surface area contributed by atoms with Gasteiger partial charge in [0.05, 0.1) is 17.2 Å². The van der Waals surface area contributed by atoms with Crippen LogP contribution in [0.3, 0.4) is 0 Å². The molecule has 0 aliphatic rings. The lowest BCUT2D eigenvalue weighted by Gasteiger charge is -2.34. The molecule has 4 rings (SSSR count). The van der Waals surface area contributed by atoms with E-state index in [1.165, 1.54) is 29.2 Å². The van der Waals surface area contributed by atoms with Gasteiger partial charge in [-0.25, -0.2) is 12.8 Å². The van der Waals surface area contributed by atoms with E-state index in [9.17, 15) is 22.4 Å². The van der Waals surface area contributed by atoms with Crippen molar-refractivity contribution in [2.75, 3.05) is 24.0 Å². The third kappa shape index (κ3) is 8.48. The van der Waals surface area contributed by atoms with Crippen molar-refractivity contribution < 1.29 is 27.1 Å². The third-order valence-corrected chi connectivity index (χ3v) is 9.03. The van der Waals surface area contributed by atoms with Crippen LogP contribution in [0.1, 0.15) is 30.5 Å². The molecule has 0 aliphatic carbocycles. The van der Waals surface area contributed by atoms with Crippen LogP contribution in [0.25, 0.3) is 0 Å². The summed E-state index contributed by atoms with van der Waals surface area (Å²) >= 11 is 0. The second kappa shape index (κ2) is 15.3. The Bertz CT molecular complexity index is 1680. The second-order valence-electron chi connectivity index (χ2n) is 10.5. The number of carbonyl (C=O) groups excluding carboxylic acids is 2. The van der Waals surface area contributed by atoms with Gasteiger partial charge in [-0.15, -0.1) is 0 Å². The normalized spacial score (nSPS) is 11.8. The Kier molecular flexibility index (Phi) is 11.3. The molecular weight excluding hydrogens is 593 g/mol. The number of nitrogens with one attached hydrogen (secondary N) is 1. The SMILES string of the molecule is CCNC(=O)[C@@H](Cc1ccccc1)N(Cc1ccccc1F)C(=O)CN(c1ccc(OCC)cc1)S(=O)(=O)c1ccc(C)cc1. The van der Waals surface area contributed by atoms with Crippen molar-refractivity contribution in [2.24, 2.45) is 0 Å². The summed E-state index contributed by atoms with van der Waals surface area (Å²) in [6, 6.07) is 26.9. The number of sulfonamides is 1. The minimum absolute atomic E-state index is 0.000000127. The molecule has 0 saturated carbocycles. The van der Waals surface area contributed by atoms with Crippen LogP contribution in [0.5, 0.6) is 5.75 Å². The molecule has 0 unspecified atom stereocenters. The highest BCUT2D eigenvalue weighted by atomic mass is 32.2. The number of anilines is 1. The monoisotopic (exact) mass is 631 g/mol. The van der Waals surface area contributed by atoms with Gasteiger partial charge in [0.15, 0.2) is 0 Å². The molecule has 1 N–H and O–H groups in total. The average Bonchev–Trinajstić information content (AvgIpc) is 3.03. The first-order valence-electron chi connectivity index (χ1n) is 14.8. The topological polar surface area (TPSA) is 96.0 Å². The van der Waals surface area contributed by atoms with Gasteiger partial charge >= 0.3 is 0 Å². The molecule has 4 aromatic carbocycles. The van der Waals surface area contributed by atoms with Gasteiger partial charge in [0.2, 0.25) is 11.8 Å². The molecule has 0 aromatic heterocycles. The van der Waals surface area contributed by atoms with Crippen LogP contribution < -0.4 is 14.4 Å². The van der Waals surface area contributed by atoms with E-state index in [-0.39, 0.29) is 29.1 Å². The molecule has 0 radical (unpaired) electrons. The molecule has 0 bridgehead atoms. The van der Waals surface area contributed by atoms with Crippen LogP contribution in [0.4, 0.5) is 10.1 Å². The maximum Gasteiger partial charge on any atom is 0.264 e. The Balaban J connectivity index is 1.80. The summed E-state index contributed by atoms with van der Waals surface area (Å²) in [4.78, 5) is 29.2. The van der Waals surface area contributed by atoms with E-state index in [1.54, 1.807) is 55.5 Å². The number of hydrogen-bond acceptors (Lipinski definition) is 5. The van der Waals surface area contributed by atoms with Crippen LogP contribution in [0, 0.1) is 12.7 Å². The van der Waals surface area contributed by atoms with Gasteiger partial charge < -0.3 is 15.0 Å². The zero-order valence-electron chi connectivity index (χ0n) is 25.6. The molecule has 10 heteroatoms. The van der Waals surface area contributed by atoms with Crippen LogP contribution in [-0.4, -0.2) is 50.9 Å². The highest BCUT2D eigenvalue weighted by Gasteiger charge is 2.35. The Labute approximate surface area is 264 Å². The summed E-state index contributed by atoms with van der Waals surface area (Å²) in [5, 5.41) is 2.79.